The molecule has 0 aliphatic carbocycles. The summed E-state index contributed by atoms with van der Waals surface area (Å²) in [5, 5.41) is 0. The Kier molecular flexibility index (Phi) is 5.10. The number of rotatable bonds is 5. The first kappa shape index (κ1) is 17.2. The number of benzene rings is 1. The van der Waals surface area contributed by atoms with Crippen LogP contribution in [0.4, 0.5) is 0 Å². The zero-order valence-electron chi connectivity index (χ0n) is 12.6. The molecule has 0 bridgehead atoms. The second-order valence-corrected chi connectivity index (χ2v) is 9.08. The lowest BCUT2D eigenvalue weighted by Crippen LogP contribution is -2.50. The second kappa shape index (κ2) is 6.53. The van der Waals surface area contributed by atoms with Crippen molar-refractivity contribution in [1.82, 2.24) is 8.61 Å². The molecule has 1 heterocycles. The molecule has 0 N–H and O–H groups in total. The van der Waals surface area contributed by atoms with Gasteiger partial charge in [0, 0.05) is 32.2 Å². The van der Waals surface area contributed by atoms with E-state index in [1.54, 1.807) is 19.1 Å². The van der Waals surface area contributed by atoms with E-state index in [4.69, 9.17) is 4.74 Å². The summed E-state index contributed by atoms with van der Waals surface area (Å²) >= 11 is 0. The lowest BCUT2D eigenvalue weighted by molar-refractivity contribution is 0.273. The molecule has 1 aromatic rings. The average molecular weight is 348 g/mol. The van der Waals surface area contributed by atoms with Crippen LogP contribution < -0.4 is 4.74 Å². The van der Waals surface area contributed by atoms with Crippen LogP contribution in [-0.2, 0) is 20.0 Å². The van der Waals surface area contributed by atoms with Crippen LogP contribution in [0, 0.1) is 0 Å². The van der Waals surface area contributed by atoms with E-state index in [2.05, 4.69) is 0 Å². The summed E-state index contributed by atoms with van der Waals surface area (Å²) in [6.45, 7) is 2.24. The largest absolute Gasteiger partial charge is 0.497 e. The minimum atomic E-state index is -3.64. The van der Waals surface area contributed by atoms with Gasteiger partial charge < -0.3 is 4.74 Å². The van der Waals surface area contributed by atoms with Crippen molar-refractivity contribution in [2.75, 3.05) is 39.0 Å². The molecule has 1 aliphatic rings. The fourth-order valence-electron chi connectivity index (χ4n) is 2.28. The Hall–Kier alpha value is -1.16. The summed E-state index contributed by atoms with van der Waals surface area (Å²) in [5.41, 5.74) is 0. The van der Waals surface area contributed by atoms with E-state index in [1.807, 2.05) is 0 Å². The summed E-state index contributed by atoms with van der Waals surface area (Å²) < 4.78 is 56.5. The molecule has 0 atom stereocenters. The summed E-state index contributed by atoms with van der Waals surface area (Å²) in [7, 11) is -5.44. The van der Waals surface area contributed by atoms with Crippen molar-refractivity contribution in [3.05, 3.63) is 24.3 Å². The Labute approximate surface area is 131 Å². The van der Waals surface area contributed by atoms with Gasteiger partial charge in [0.15, 0.2) is 0 Å². The van der Waals surface area contributed by atoms with Crippen LogP contribution in [0.15, 0.2) is 29.2 Å². The summed E-state index contributed by atoms with van der Waals surface area (Å²) in [5.74, 6) is 0.489. The van der Waals surface area contributed by atoms with Gasteiger partial charge in [-0.2, -0.15) is 8.61 Å². The highest BCUT2D eigenvalue weighted by molar-refractivity contribution is 7.89. The maximum absolute atomic E-state index is 12.6. The van der Waals surface area contributed by atoms with Gasteiger partial charge in [-0.15, -0.1) is 0 Å². The molecule has 1 fully saturated rings. The van der Waals surface area contributed by atoms with Gasteiger partial charge in [-0.3, -0.25) is 0 Å². The normalized spacial score (nSPS) is 18.3. The Balaban J connectivity index is 2.16. The molecule has 0 amide bonds. The first-order valence-electron chi connectivity index (χ1n) is 6.93. The van der Waals surface area contributed by atoms with Gasteiger partial charge in [-0.05, 0) is 19.1 Å². The molecular formula is C13H20N2O5S2. The van der Waals surface area contributed by atoms with E-state index in [1.165, 1.54) is 27.9 Å². The predicted octanol–water partition coefficient (Wildman–Crippen LogP) is 0.351. The van der Waals surface area contributed by atoms with Crippen LogP contribution in [0.3, 0.4) is 0 Å². The maximum atomic E-state index is 12.6. The molecule has 0 spiro atoms. The Morgan fingerprint density at radius 3 is 2.18 bits per heavy atom. The van der Waals surface area contributed by atoms with Crippen molar-refractivity contribution in [3.63, 3.8) is 0 Å². The van der Waals surface area contributed by atoms with E-state index < -0.39 is 20.0 Å². The van der Waals surface area contributed by atoms with Gasteiger partial charge in [-0.25, -0.2) is 16.8 Å². The molecule has 0 unspecified atom stereocenters. The number of ether oxygens (including phenoxy) is 1. The highest BCUT2D eigenvalue weighted by Gasteiger charge is 2.32. The van der Waals surface area contributed by atoms with Crippen LogP contribution in [0.5, 0.6) is 5.75 Å². The third kappa shape index (κ3) is 3.43. The molecule has 0 saturated carbocycles. The summed E-state index contributed by atoms with van der Waals surface area (Å²) in [4.78, 5) is 0.152. The quantitative estimate of drug-likeness (QED) is 0.767. The van der Waals surface area contributed by atoms with Crippen LogP contribution in [0.1, 0.15) is 6.92 Å². The molecule has 0 aromatic heterocycles. The SMILES string of the molecule is CCS(=O)(=O)N1CCN(S(=O)(=O)c2cccc(OC)c2)CC1. The molecular weight excluding hydrogens is 328 g/mol. The molecule has 22 heavy (non-hydrogen) atoms. The fraction of sp³-hybridized carbons (Fsp3) is 0.538. The predicted molar refractivity (Wildman–Crippen MR) is 82.8 cm³/mol. The first-order valence-corrected chi connectivity index (χ1v) is 9.98. The van der Waals surface area contributed by atoms with Gasteiger partial charge in [0.1, 0.15) is 5.75 Å². The molecule has 7 nitrogen and oxygen atoms in total. The van der Waals surface area contributed by atoms with Crippen molar-refractivity contribution in [2.45, 2.75) is 11.8 Å². The lowest BCUT2D eigenvalue weighted by Gasteiger charge is -2.33. The van der Waals surface area contributed by atoms with Crippen molar-refractivity contribution in [2.24, 2.45) is 0 Å². The zero-order valence-corrected chi connectivity index (χ0v) is 14.2. The van der Waals surface area contributed by atoms with E-state index >= 15 is 0 Å². The highest BCUT2D eigenvalue weighted by atomic mass is 32.2. The minimum absolute atomic E-state index is 0.0234. The summed E-state index contributed by atoms with van der Waals surface area (Å²) in [6, 6.07) is 6.26. The number of hydrogen-bond donors (Lipinski definition) is 0. The van der Waals surface area contributed by atoms with E-state index in [0.717, 1.165) is 0 Å². The molecule has 1 saturated heterocycles. The second-order valence-electron chi connectivity index (χ2n) is 4.88. The van der Waals surface area contributed by atoms with Gasteiger partial charge in [0.05, 0.1) is 17.8 Å². The Morgan fingerprint density at radius 2 is 1.64 bits per heavy atom. The Bertz CT molecular complexity index is 723. The van der Waals surface area contributed by atoms with Crippen LogP contribution in [0.25, 0.3) is 0 Å². The Morgan fingerprint density at radius 1 is 1.05 bits per heavy atom. The standard InChI is InChI=1S/C13H20N2O5S2/c1-3-21(16,17)14-7-9-15(10-8-14)22(18,19)13-6-4-5-12(11-13)20-2/h4-6,11H,3,7-10H2,1-2H3. The van der Waals surface area contributed by atoms with Crippen LogP contribution in [0.2, 0.25) is 0 Å². The molecule has 1 aromatic carbocycles. The molecule has 2 rings (SSSR count). The third-order valence-electron chi connectivity index (χ3n) is 3.63. The smallest absolute Gasteiger partial charge is 0.243 e. The molecule has 124 valence electrons. The fourth-order valence-corrected chi connectivity index (χ4v) is 4.82. The van der Waals surface area contributed by atoms with Gasteiger partial charge in [0.2, 0.25) is 20.0 Å². The van der Waals surface area contributed by atoms with Crippen LogP contribution >= 0.6 is 0 Å². The topological polar surface area (TPSA) is 84.0 Å². The monoisotopic (exact) mass is 348 g/mol. The number of piperazine rings is 1. The van der Waals surface area contributed by atoms with Crippen molar-refractivity contribution < 1.29 is 21.6 Å². The third-order valence-corrected chi connectivity index (χ3v) is 7.41. The minimum Gasteiger partial charge on any atom is -0.497 e. The molecule has 1 aliphatic heterocycles. The van der Waals surface area contributed by atoms with Crippen LogP contribution in [-0.4, -0.2) is 64.5 Å². The number of sulfonamides is 2. The van der Waals surface area contributed by atoms with Crippen molar-refractivity contribution >= 4 is 20.0 Å². The van der Waals surface area contributed by atoms with E-state index in [9.17, 15) is 16.8 Å². The first-order chi connectivity index (χ1) is 10.3. The van der Waals surface area contributed by atoms with Gasteiger partial charge >= 0.3 is 0 Å². The lowest BCUT2D eigenvalue weighted by atomic mass is 10.3. The molecule has 9 heteroatoms. The summed E-state index contributed by atoms with van der Waals surface area (Å²) in [6.07, 6.45) is 0. The maximum Gasteiger partial charge on any atom is 0.243 e. The van der Waals surface area contributed by atoms with Crippen molar-refractivity contribution in [3.8, 4) is 5.75 Å². The van der Waals surface area contributed by atoms with Gasteiger partial charge in [0.25, 0.3) is 0 Å². The van der Waals surface area contributed by atoms with Crippen molar-refractivity contribution in [1.29, 1.82) is 0 Å². The van der Waals surface area contributed by atoms with E-state index in [0.29, 0.717) is 5.75 Å². The number of hydrogen-bond acceptors (Lipinski definition) is 5. The zero-order chi connectivity index (χ0) is 16.4. The average Bonchev–Trinajstić information content (AvgIpc) is 2.55. The number of nitrogens with zero attached hydrogens (tertiary/aromatic N) is 2. The highest BCUT2D eigenvalue weighted by Crippen LogP contribution is 2.22. The van der Waals surface area contributed by atoms with Gasteiger partial charge in [-0.1, -0.05) is 6.07 Å². The van der Waals surface area contributed by atoms with E-state index in [-0.39, 0.29) is 36.8 Å². The molecule has 0 radical (unpaired) electrons. The number of methoxy groups -OCH3 is 1.